The number of esters is 1. The van der Waals surface area contributed by atoms with E-state index in [1.54, 1.807) is 38.5 Å². The highest BCUT2D eigenvalue weighted by atomic mass is 16.5. The van der Waals surface area contributed by atoms with E-state index in [4.69, 9.17) is 14.2 Å². The van der Waals surface area contributed by atoms with E-state index in [2.05, 4.69) is 0 Å². The largest absolute Gasteiger partial charge is 0.497 e. The standard InChI is InChI=1S/C22H20O4/c1-24-19-13-18(14-20(15-19)25-2)22(23)26-21-11-7-6-10-17(21)12-16-8-4-3-5-9-16/h3-11,13-15H,12H2,1-2H3. The molecule has 26 heavy (non-hydrogen) atoms. The van der Waals surface area contributed by atoms with Gasteiger partial charge < -0.3 is 14.2 Å². The summed E-state index contributed by atoms with van der Waals surface area (Å²) in [4.78, 5) is 12.6. The summed E-state index contributed by atoms with van der Waals surface area (Å²) in [6.07, 6.45) is 0.686. The molecule has 0 unspecified atom stereocenters. The SMILES string of the molecule is COc1cc(OC)cc(C(=O)Oc2ccccc2Cc2ccccc2)c1. The predicted molar refractivity (Wildman–Crippen MR) is 100 cm³/mol. The van der Waals surface area contributed by atoms with Crippen LogP contribution in [0.2, 0.25) is 0 Å². The fourth-order valence-electron chi connectivity index (χ4n) is 2.65. The van der Waals surface area contributed by atoms with Crippen LogP contribution in [0.3, 0.4) is 0 Å². The molecule has 0 spiro atoms. The molecule has 0 heterocycles. The van der Waals surface area contributed by atoms with Gasteiger partial charge >= 0.3 is 5.97 Å². The smallest absolute Gasteiger partial charge is 0.343 e. The second-order valence-corrected chi connectivity index (χ2v) is 5.76. The Morgan fingerprint density at radius 3 is 2.08 bits per heavy atom. The first-order valence-electron chi connectivity index (χ1n) is 8.26. The van der Waals surface area contributed by atoms with Crippen LogP contribution in [-0.2, 0) is 6.42 Å². The van der Waals surface area contributed by atoms with E-state index in [0.29, 0.717) is 29.2 Å². The molecule has 3 rings (SSSR count). The van der Waals surface area contributed by atoms with Gasteiger partial charge in [-0.15, -0.1) is 0 Å². The predicted octanol–water partition coefficient (Wildman–Crippen LogP) is 4.51. The zero-order valence-corrected chi connectivity index (χ0v) is 14.8. The maximum Gasteiger partial charge on any atom is 0.343 e. The molecule has 0 saturated heterocycles. The molecule has 0 aromatic heterocycles. The van der Waals surface area contributed by atoms with Crippen molar-refractivity contribution in [2.75, 3.05) is 14.2 Å². The molecule has 0 saturated carbocycles. The quantitative estimate of drug-likeness (QED) is 0.485. The van der Waals surface area contributed by atoms with E-state index in [9.17, 15) is 4.79 Å². The van der Waals surface area contributed by atoms with Crippen molar-refractivity contribution >= 4 is 5.97 Å². The van der Waals surface area contributed by atoms with Crippen LogP contribution in [0.1, 0.15) is 21.5 Å². The Balaban J connectivity index is 1.84. The van der Waals surface area contributed by atoms with Crippen LogP contribution in [-0.4, -0.2) is 20.2 Å². The van der Waals surface area contributed by atoms with Gasteiger partial charge in [0.25, 0.3) is 0 Å². The zero-order chi connectivity index (χ0) is 18.4. The van der Waals surface area contributed by atoms with Crippen molar-refractivity contribution in [3.8, 4) is 17.2 Å². The summed E-state index contributed by atoms with van der Waals surface area (Å²) in [6, 6.07) is 22.6. The summed E-state index contributed by atoms with van der Waals surface area (Å²) in [5, 5.41) is 0. The third kappa shape index (κ3) is 4.22. The Hall–Kier alpha value is -3.27. The highest BCUT2D eigenvalue weighted by Gasteiger charge is 2.14. The van der Waals surface area contributed by atoms with E-state index < -0.39 is 5.97 Å². The Morgan fingerprint density at radius 1 is 0.808 bits per heavy atom. The van der Waals surface area contributed by atoms with Crippen LogP contribution >= 0.6 is 0 Å². The molecule has 0 amide bonds. The summed E-state index contributed by atoms with van der Waals surface area (Å²) in [5.74, 6) is 1.16. The monoisotopic (exact) mass is 348 g/mol. The zero-order valence-electron chi connectivity index (χ0n) is 14.8. The first-order valence-corrected chi connectivity index (χ1v) is 8.26. The fourth-order valence-corrected chi connectivity index (χ4v) is 2.65. The van der Waals surface area contributed by atoms with E-state index in [0.717, 1.165) is 11.1 Å². The van der Waals surface area contributed by atoms with E-state index in [-0.39, 0.29) is 0 Å². The molecule has 0 N–H and O–H groups in total. The molecule has 132 valence electrons. The first kappa shape index (κ1) is 17.5. The van der Waals surface area contributed by atoms with Crippen molar-refractivity contribution in [3.05, 3.63) is 89.5 Å². The molecule has 0 bridgehead atoms. The lowest BCUT2D eigenvalue weighted by Crippen LogP contribution is -2.10. The minimum absolute atomic E-state index is 0.371. The Labute approximate surface area is 153 Å². The van der Waals surface area contributed by atoms with E-state index >= 15 is 0 Å². The minimum Gasteiger partial charge on any atom is -0.497 e. The average Bonchev–Trinajstić information content (AvgIpc) is 2.69. The number of para-hydroxylation sites is 1. The Bertz CT molecular complexity index is 865. The van der Waals surface area contributed by atoms with Crippen LogP contribution in [0.15, 0.2) is 72.8 Å². The molecule has 0 aliphatic heterocycles. The number of rotatable bonds is 6. The summed E-state index contributed by atoms with van der Waals surface area (Å²) in [6.45, 7) is 0. The van der Waals surface area contributed by atoms with Gasteiger partial charge in [-0.2, -0.15) is 0 Å². The Morgan fingerprint density at radius 2 is 1.42 bits per heavy atom. The number of carbonyl (C=O) groups excluding carboxylic acids is 1. The van der Waals surface area contributed by atoms with Gasteiger partial charge in [0.1, 0.15) is 17.2 Å². The molecule has 4 nitrogen and oxygen atoms in total. The van der Waals surface area contributed by atoms with Crippen LogP contribution in [0.25, 0.3) is 0 Å². The summed E-state index contributed by atoms with van der Waals surface area (Å²) in [7, 11) is 3.08. The van der Waals surface area contributed by atoms with Gasteiger partial charge in [-0.25, -0.2) is 4.79 Å². The molecular weight excluding hydrogens is 328 g/mol. The molecule has 0 aliphatic rings. The van der Waals surface area contributed by atoms with Crippen LogP contribution in [0.4, 0.5) is 0 Å². The third-order valence-corrected chi connectivity index (χ3v) is 4.00. The van der Waals surface area contributed by atoms with Crippen molar-refractivity contribution in [1.82, 2.24) is 0 Å². The van der Waals surface area contributed by atoms with E-state index in [1.165, 1.54) is 0 Å². The van der Waals surface area contributed by atoms with Gasteiger partial charge in [0.05, 0.1) is 19.8 Å². The number of ether oxygens (including phenoxy) is 3. The molecular formula is C22H20O4. The molecule has 4 heteroatoms. The van der Waals surface area contributed by atoms with Gasteiger partial charge in [-0.05, 0) is 29.3 Å². The van der Waals surface area contributed by atoms with Crippen molar-refractivity contribution in [3.63, 3.8) is 0 Å². The lowest BCUT2D eigenvalue weighted by molar-refractivity contribution is 0.0732. The molecule has 0 atom stereocenters. The summed E-state index contributed by atoms with van der Waals surface area (Å²) >= 11 is 0. The van der Waals surface area contributed by atoms with Crippen molar-refractivity contribution in [1.29, 1.82) is 0 Å². The number of hydrogen-bond donors (Lipinski definition) is 0. The Kier molecular flexibility index (Phi) is 5.54. The van der Waals surface area contributed by atoms with Crippen molar-refractivity contribution in [2.24, 2.45) is 0 Å². The number of carbonyl (C=O) groups is 1. The molecule has 3 aromatic rings. The summed E-state index contributed by atoms with van der Waals surface area (Å²) < 4.78 is 16.1. The molecule has 0 aliphatic carbocycles. The van der Waals surface area contributed by atoms with Crippen LogP contribution in [0.5, 0.6) is 17.2 Å². The maximum atomic E-state index is 12.6. The van der Waals surface area contributed by atoms with Gasteiger partial charge in [0.2, 0.25) is 0 Å². The molecule has 0 fully saturated rings. The molecule has 0 radical (unpaired) electrons. The number of hydrogen-bond acceptors (Lipinski definition) is 4. The minimum atomic E-state index is -0.456. The fraction of sp³-hybridized carbons (Fsp3) is 0.136. The van der Waals surface area contributed by atoms with Crippen LogP contribution in [0, 0.1) is 0 Å². The third-order valence-electron chi connectivity index (χ3n) is 4.00. The summed E-state index contributed by atoms with van der Waals surface area (Å²) in [5.41, 5.74) is 2.47. The van der Waals surface area contributed by atoms with Gasteiger partial charge in [0.15, 0.2) is 0 Å². The maximum absolute atomic E-state index is 12.6. The normalized spacial score (nSPS) is 10.2. The van der Waals surface area contributed by atoms with Crippen molar-refractivity contribution < 1.29 is 19.0 Å². The first-order chi connectivity index (χ1) is 12.7. The highest BCUT2D eigenvalue weighted by Crippen LogP contribution is 2.26. The molecule has 3 aromatic carbocycles. The van der Waals surface area contributed by atoms with E-state index in [1.807, 2.05) is 48.5 Å². The highest BCUT2D eigenvalue weighted by molar-refractivity contribution is 5.92. The van der Waals surface area contributed by atoms with Gasteiger partial charge in [-0.3, -0.25) is 0 Å². The second-order valence-electron chi connectivity index (χ2n) is 5.76. The second kappa shape index (κ2) is 8.21. The lowest BCUT2D eigenvalue weighted by Gasteiger charge is -2.12. The average molecular weight is 348 g/mol. The number of methoxy groups -OCH3 is 2. The number of benzene rings is 3. The van der Waals surface area contributed by atoms with Gasteiger partial charge in [-0.1, -0.05) is 48.5 Å². The topological polar surface area (TPSA) is 44.8 Å². The van der Waals surface area contributed by atoms with Gasteiger partial charge in [0, 0.05) is 12.5 Å². The lowest BCUT2D eigenvalue weighted by atomic mass is 10.0. The van der Waals surface area contributed by atoms with Crippen LogP contribution < -0.4 is 14.2 Å². The van der Waals surface area contributed by atoms with Crippen molar-refractivity contribution in [2.45, 2.75) is 6.42 Å².